The number of ether oxygens (including phenoxy) is 1. The van der Waals surface area contributed by atoms with E-state index in [1.807, 2.05) is 31.4 Å². The second-order valence-electron chi connectivity index (χ2n) is 8.75. The van der Waals surface area contributed by atoms with Crippen molar-refractivity contribution in [1.29, 1.82) is 0 Å². The molecule has 0 bridgehead atoms. The summed E-state index contributed by atoms with van der Waals surface area (Å²) in [5, 5.41) is 21.3. The minimum atomic E-state index is -1.15. The van der Waals surface area contributed by atoms with Crippen LogP contribution in [0.4, 0.5) is 4.39 Å². The molecule has 32 heavy (non-hydrogen) atoms. The zero-order valence-corrected chi connectivity index (χ0v) is 18.5. The van der Waals surface area contributed by atoms with E-state index in [9.17, 15) is 19.4 Å². The molecule has 0 aliphatic carbocycles. The molecule has 3 heterocycles. The van der Waals surface area contributed by atoms with Crippen LogP contribution in [-0.4, -0.2) is 32.3 Å². The fourth-order valence-electron chi connectivity index (χ4n) is 4.67. The average Bonchev–Trinajstić information content (AvgIpc) is 3.37. The van der Waals surface area contributed by atoms with Gasteiger partial charge in [-0.1, -0.05) is 19.9 Å². The standard InChI is InChI=1S/C24H21FN2O4S/c1-23(2)11-31-24(3,21-19(22(29)30)26-12-32-21)18-17-15(5-4-6-16(17)28)27(20(18)23)14-9-7-13(25)8-10-14/h4-10,12,28H,11H2,1-3H3,(H,29,30). The molecule has 0 saturated carbocycles. The highest BCUT2D eigenvalue weighted by molar-refractivity contribution is 7.10. The van der Waals surface area contributed by atoms with Crippen molar-refractivity contribution in [1.82, 2.24) is 9.55 Å². The summed E-state index contributed by atoms with van der Waals surface area (Å²) in [4.78, 5) is 16.4. The minimum Gasteiger partial charge on any atom is -0.507 e. The molecular weight excluding hydrogens is 431 g/mol. The molecule has 5 rings (SSSR count). The zero-order valence-electron chi connectivity index (χ0n) is 17.7. The van der Waals surface area contributed by atoms with E-state index in [4.69, 9.17) is 4.74 Å². The third-order valence-electron chi connectivity index (χ3n) is 6.10. The molecule has 8 heteroatoms. The summed E-state index contributed by atoms with van der Waals surface area (Å²) in [5.74, 6) is -1.41. The number of carbonyl (C=O) groups is 1. The van der Waals surface area contributed by atoms with Gasteiger partial charge in [0.15, 0.2) is 5.69 Å². The van der Waals surface area contributed by atoms with Gasteiger partial charge in [-0.3, -0.25) is 0 Å². The summed E-state index contributed by atoms with van der Waals surface area (Å²) in [6.07, 6.45) is 0. The Morgan fingerprint density at radius 2 is 1.91 bits per heavy atom. The first-order valence-corrected chi connectivity index (χ1v) is 11.0. The van der Waals surface area contributed by atoms with Gasteiger partial charge in [0.05, 0.1) is 22.5 Å². The number of halogens is 1. The van der Waals surface area contributed by atoms with Gasteiger partial charge in [-0.05, 0) is 43.3 Å². The molecule has 2 aromatic heterocycles. The molecule has 0 fully saturated rings. The maximum absolute atomic E-state index is 13.7. The van der Waals surface area contributed by atoms with Crippen molar-refractivity contribution in [3.8, 4) is 11.4 Å². The number of phenolic OH excluding ortho intramolecular Hbond substituents is 1. The average molecular weight is 453 g/mol. The highest BCUT2D eigenvalue weighted by Crippen LogP contribution is 2.53. The van der Waals surface area contributed by atoms with E-state index in [-0.39, 0.29) is 17.3 Å². The van der Waals surface area contributed by atoms with Crippen LogP contribution in [-0.2, 0) is 15.8 Å². The Labute approximate surface area is 187 Å². The van der Waals surface area contributed by atoms with E-state index in [1.165, 1.54) is 29.0 Å². The van der Waals surface area contributed by atoms with Crippen LogP contribution in [0, 0.1) is 5.82 Å². The molecule has 0 radical (unpaired) electrons. The van der Waals surface area contributed by atoms with Gasteiger partial charge in [-0.25, -0.2) is 14.2 Å². The highest BCUT2D eigenvalue weighted by Gasteiger charge is 2.49. The number of benzene rings is 2. The number of aromatic hydroxyl groups is 1. The Balaban J connectivity index is 1.95. The Morgan fingerprint density at radius 3 is 2.59 bits per heavy atom. The van der Waals surface area contributed by atoms with Crippen molar-refractivity contribution in [3.63, 3.8) is 0 Å². The number of hydrogen-bond acceptors (Lipinski definition) is 5. The van der Waals surface area contributed by atoms with Gasteiger partial charge in [-0.15, -0.1) is 11.3 Å². The zero-order chi connectivity index (χ0) is 22.8. The number of phenols is 1. The van der Waals surface area contributed by atoms with Crippen molar-refractivity contribution in [2.45, 2.75) is 31.8 Å². The van der Waals surface area contributed by atoms with Gasteiger partial charge < -0.3 is 19.5 Å². The molecule has 1 unspecified atom stereocenters. The van der Waals surface area contributed by atoms with Crippen molar-refractivity contribution >= 4 is 28.2 Å². The largest absolute Gasteiger partial charge is 0.507 e. The van der Waals surface area contributed by atoms with Crippen molar-refractivity contribution in [2.75, 3.05) is 6.61 Å². The first-order valence-electron chi connectivity index (χ1n) is 10.1. The molecular formula is C24H21FN2O4S. The monoisotopic (exact) mass is 452 g/mol. The smallest absolute Gasteiger partial charge is 0.355 e. The Hall–Kier alpha value is -3.23. The predicted molar refractivity (Wildman–Crippen MR) is 119 cm³/mol. The molecule has 0 saturated heterocycles. The number of thiazole rings is 1. The van der Waals surface area contributed by atoms with Gasteiger partial charge in [0, 0.05) is 27.7 Å². The Morgan fingerprint density at radius 1 is 1.19 bits per heavy atom. The van der Waals surface area contributed by atoms with Crippen molar-refractivity contribution in [2.24, 2.45) is 0 Å². The van der Waals surface area contributed by atoms with Crippen LogP contribution in [0.2, 0.25) is 0 Å². The van der Waals surface area contributed by atoms with Crippen LogP contribution in [0.15, 0.2) is 48.0 Å². The fourth-order valence-corrected chi connectivity index (χ4v) is 5.57. The van der Waals surface area contributed by atoms with E-state index in [1.54, 1.807) is 24.3 Å². The van der Waals surface area contributed by atoms with E-state index >= 15 is 0 Å². The summed E-state index contributed by atoms with van der Waals surface area (Å²) in [5.41, 5.74) is 2.82. The first-order chi connectivity index (χ1) is 15.1. The van der Waals surface area contributed by atoms with E-state index < -0.39 is 17.0 Å². The predicted octanol–water partition coefficient (Wildman–Crippen LogP) is 5.20. The van der Waals surface area contributed by atoms with Crippen LogP contribution in [0.1, 0.15) is 47.4 Å². The van der Waals surface area contributed by atoms with Crippen LogP contribution in [0.25, 0.3) is 16.6 Å². The Kier molecular flexibility index (Phi) is 4.44. The molecule has 4 aromatic rings. The van der Waals surface area contributed by atoms with Gasteiger partial charge in [-0.2, -0.15) is 0 Å². The van der Waals surface area contributed by atoms with Gasteiger partial charge >= 0.3 is 5.97 Å². The van der Waals surface area contributed by atoms with E-state index in [2.05, 4.69) is 4.98 Å². The van der Waals surface area contributed by atoms with E-state index in [0.717, 1.165) is 16.9 Å². The summed E-state index contributed by atoms with van der Waals surface area (Å²) in [6, 6.07) is 11.4. The number of aromatic carboxylic acids is 1. The maximum atomic E-state index is 13.7. The fraction of sp³-hybridized carbons (Fsp3) is 0.250. The maximum Gasteiger partial charge on any atom is 0.355 e. The van der Waals surface area contributed by atoms with Crippen molar-refractivity contribution < 1.29 is 24.1 Å². The number of carboxylic acid groups (broad SMARTS) is 1. The topological polar surface area (TPSA) is 84.6 Å². The molecule has 2 aromatic carbocycles. The summed E-state index contributed by atoms with van der Waals surface area (Å²) >= 11 is 1.21. The molecule has 0 spiro atoms. The molecule has 6 nitrogen and oxygen atoms in total. The minimum absolute atomic E-state index is 0.0635. The van der Waals surface area contributed by atoms with Crippen LogP contribution in [0.5, 0.6) is 5.75 Å². The van der Waals surface area contributed by atoms with E-state index in [0.29, 0.717) is 22.4 Å². The van der Waals surface area contributed by atoms with Gasteiger partial charge in [0.2, 0.25) is 0 Å². The molecule has 1 aliphatic heterocycles. The van der Waals surface area contributed by atoms with Crippen molar-refractivity contribution in [3.05, 3.63) is 75.6 Å². The number of nitrogens with zero attached hydrogens (tertiary/aromatic N) is 2. The number of carboxylic acids is 1. The molecule has 1 aliphatic rings. The lowest BCUT2D eigenvalue weighted by molar-refractivity contribution is -0.0421. The van der Waals surface area contributed by atoms with Gasteiger partial charge in [0.25, 0.3) is 0 Å². The molecule has 1 atom stereocenters. The lowest BCUT2D eigenvalue weighted by Crippen LogP contribution is -2.43. The summed E-state index contributed by atoms with van der Waals surface area (Å²) in [6.45, 7) is 6.20. The third-order valence-corrected chi connectivity index (χ3v) is 7.13. The van der Waals surface area contributed by atoms with Crippen LogP contribution < -0.4 is 0 Å². The van der Waals surface area contributed by atoms with Crippen LogP contribution >= 0.6 is 11.3 Å². The number of aromatic nitrogens is 2. The lowest BCUT2D eigenvalue weighted by Gasteiger charge is -2.42. The quantitative estimate of drug-likeness (QED) is 0.446. The Bertz CT molecular complexity index is 1370. The molecule has 0 amide bonds. The number of hydrogen-bond donors (Lipinski definition) is 2. The summed E-state index contributed by atoms with van der Waals surface area (Å²) < 4.78 is 22.1. The second-order valence-corrected chi connectivity index (χ2v) is 9.60. The highest BCUT2D eigenvalue weighted by atomic mass is 32.1. The number of fused-ring (bicyclic) bond motifs is 3. The SMILES string of the molecule is CC1(C)COC(C)(c2scnc2C(=O)O)c2c1n(-c1ccc(F)cc1)c1cccc(O)c21. The molecule has 2 N–H and O–H groups in total. The van der Waals surface area contributed by atoms with Crippen LogP contribution in [0.3, 0.4) is 0 Å². The summed E-state index contributed by atoms with van der Waals surface area (Å²) in [7, 11) is 0. The lowest BCUT2D eigenvalue weighted by atomic mass is 9.77. The number of rotatable bonds is 3. The second kappa shape index (κ2) is 6.88. The normalized spacial score (nSPS) is 19.8. The first kappa shape index (κ1) is 20.7. The third kappa shape index (κ3) is 2.79. The van der Waals surface area contributed by atoms with Gasteiger partial charge in [0.1, 0.15) is 17.2 Å². The molecule has 164 valence electrons.